The van der Waals surface area contributed by atoms with Crippen LogP contribution in [0.1, 0.15) is 54.4 Å². The molecule has 3 aromatic rings. The molecule has 5 rings (SSSR count). The van der Waals surface area contributed by atoms with E-state index in [0.29, 0.717) is 11.8 Å². The van der Waals surface area contributed by atoms with Crippen molar-refractivity contribution in [2.24, 2.45) is 0 Å². The molecule has 0 amide bonds. The van der Waals surface area contributed by atoms with E-state index in [1.807, 2.05) is 11.3 Å². The summed E-state index contributed by atoms with van der Waals surface area (Å²) in [5.74, 6) is 1.06. The summed E-state index contributed by atoms with van der Waals surface area (Å²) in [5.41, 5.74) is 10.2. The van der Waals surface area contributed by atoms with Crippen LogP contribution in [0.2, 0.25) is 0 Å². The molecule has 0 fully saturated rings. The molecule has 0 bridgehead atoms. The molecule has 2 atom stereocenters. The molecule has 2 aliphatic carbocycles. The third-order valence-electron chi connectivity index (χ3n) is 6.00. The molecule has 1 aromatic heterocycles. The first-order valence-corrected chi connectivity index (χ1v) is 10.2. The van der Waals surface area contributed by atoms with Crippen LogP contribution in [0.4, 0.5) is 0 Å². The van der Waals surface area contributed by atoms with Crippen molar-refractivity contribution in [2.45, 2.75) is 32.1 Å². The summed E-state index contributed by atoms with van der Waals surface area (Å²) < 4.78 is 0. The highest BCUT2D eigenvalue weighted by Gasteiger charge is 2.31. The minimum absolute atomic E-state index is 0.518. The Kier molecular flexibility index (Phi) is 3.72. The molecule has 0 spiro atoms. The summed E-state index contributed by atoms with van der Waals surface area (Å²) in [5, 5.41) is 2.17. The third kappa shape index (κ3) is 2.42. The molecule has 0 saturated heterocycles. The predicted molar refractivity (Wildman–Crippen MR) is 114 cm³/mol. The Hall–Kier alpha value is -2.38. The Balaban J connectivity index is 1.53. The minimum atomic E-state index is 0.518. The van der Waals surface area contributed by atoms with Crippen molar-refractivity contribution in [1.82, 2.24) is 0 Å². The number of hydrogen-bond acceptors (Lipinski definition) is 1. The summed E-state index contributed by atoms with van der Waals surface area (Å²) in [6.07, 6.45) is 5.97. The lowest BCUT2D eigenvalue weighted by molar-refractivity contribution is 0.642. The Morgan fingerprint density at radius 2 is 1.54 bits per heavy atom. The second-order valence-corrected chi connectivity index (χ2v) is 8.48. The average molecular weight is 355 g/mol. The quantitative estimate of drug-likeness (QED) is 0.456. The average Bonchev–Trinajstić information content (AvgIpc) is 3.34. The van der Waals surface area contributed by atoms with E-state index in [1.54, 1.807) is 0 Å². The van der Waals surface area contributed by atoms with Crippen LogP contribution < -0.4 is 0 Å². The summed E-state index contributed by atoms with van der Waals surface area (Å²) in [7, 11) is 0. The molecule has 26 heavy (non-hydrogen) atoms. The number of benzene rings is 2. The fourth-order valence-corrected chi connectivity index (χ4v) is 5.45. The number of thiophene rings is 1. The lowest BCUT2D eigenvalue weighted by Gasteiger charge is -2.22. The van der Waals surface area contributed by atoms with Crippen molar-refractivity contribution in [3.05, 3.63) is 93.4 Å². The number of allylic oxidation sites excluding steroid dienone is 2. The Morgan fingerprint density at radius 3 is 2.38 bits per heavy atom. The summed E-state index contributed by atoms with van der Waals surface area (Å²) in [6.45, 7) is 4.60. The molecule has 0 saturated carbocycles. The molecular weight excluding hydrogens is 332 g/mol. The molecule has 2 unspecified atom stereocenters. The van der Waals surface area contributed by atoms with Crippen molar-refractivity contribution in [3.8, 4) is 10.4 Å². The van der Waals surface area contributed by atoms with E-state index in [9.17, 15) is 0 Å². The summed E-state index contributed by atoms with van der Waals surface area (Å²) >= 11 is 1.83. The zero-order valence-electron chi connectivity index (χ0n) is 15.2. The SMILES string of the molecule is CC1=Cc2ccccc2C1CC1C(C)=Cc2c(-c3cccs3)cccc21. The second kappa shape index (κ2) is 6.10. The van der Waals surface area contributed by atoms with Gasteiger partial charge in [-0.25, -0.2) is 0 Å². The normalized spacial score (nSPS) is 20.5. The van der Waals surface area contributed by atoms with E-state index in [2.05, 4.69) is 86.0 Å². The van der Waals surface area contributed by atoms with Gasteiger partial charge in [-0.2, -0.15) is 0 Å². The van der Waals surface area contributed by atoms with Crippen molar-refractivity contribution in [1.29, 1.82) is 0 Å². The van der Waals surface area contributed by atoms with Gasteiger partial charge in [0.15, 0.2) is 0 Å². The third-order valence-corrected chi connectivity index (χ3v) is 6.90. The van der Waals surface area contributed by atoms with Crippen molar-refractivity contribution in [3.63, 3.8) is 0 Å². The van der Waals surface area contributed by atoms with Crippen LogP contribution in [0.15, 0.2) is 71.1 Å². The maximum atomic E-state index is 2.43. The van der Waals surface area contributed by atoms with E-state index in [1.165, 1.54) is 50.3 Å². The fraction of sp³-hybridized carbons (Fsp3) is 0.200. The van der Waals surface area contributed by atoms with Gasteiger partial charge in [-0.3, -0.25) is 0 Å². The number of hydrogen-bond donors (Lipinski definition) is 0. The molecule has 1 heteroatoms. The zero-order valence-corrected chi connectivity index (χ0v) is 16.0. The van der Waals surface area contributed by atoms with Gasteiger partial charge >= 0.3 is 0 Å². The maximum Gasteiger partial charge on any atom is 0.0348 e. The molecule has 2 aliphatic rings. The van der Waals surface area contributed by atoms with Gasteiger partial charge < -0.3 is 0 Å². The van der Waals surface area contributed by atoms with Crippen LogP contribution in [-0.4, -0.2) is 0 Å². The Bertz CT molecular complexity index is 1030. The predicted octanol–water partition coefficient (Wildman–Crippen LogP) is 7.51. The van der Waals surface area contributed by atoms with Gasteiger partial charge in [0.25, 0.3) is 0 Å². The monoisotopic (exact) mass is 354 g/mol. The van der Waals surface area contributed by atoms with Gasteiger partial charge in [0.1, 0.15) is 0 Å². The van der Waals surface area contributed by atoms with Crippen LogP contribution in [0.25, 0.3) is 22.6 Å². The molecule has 0 aliphatic heterocycles. The molecule has 0 N–H and O–H groups in total. The van der Waals surface area contributed by atoms with Gasteiger partial charge in [-0.05, 0) is 59.5 Å². The molecule has 1 heterocycles. The highest BCUT2D eigenvalue weighted by atomic mass is 32.1. The summed E-state index contributed by atoms with van der Waals surface area (Å²) in [4.78, 5) is 1.37. The van der Waals surface area contributed by atoms with Gasteiger partial charge in [0, 0.05) is 16.7 Å². The van der Waals surface area contributed by atoms with Gasteiger partial charge in [0.2, 0.25) is 0 Å². The Labute approximate surface area is 159 Å². The molecule has 2 aromatic carbocycles. The first kappa shape index (κ1) is 15.8. The van der Waals surface area contributed by atoms with Crippen LogP contribution >= 0.6 is 11.3 Å². The van der Waals surface area contributed by atoms with Crippen LogP contribution in [0.5, 0.6) is 0 Å². The van der Waals surface area contributed by atoms with E-state index in [0.717, 1.165) is 0 Å². The molecule has 0 radical (unpaired) electrons. The zero-order chi connectivity index (χ0) is 17.7. The fourth-order valence-electron chi connectivity index (χ4n) is 4.68. The number of fused-ring (bicyclic) bond motifs is 2. The van der Waals surface area contributed by atoms with Crippen LogP contribution in [0.3, 0.4) is 0 Å². The van der Waals surface area contributed by atoms with Crippen LogP contribution in [-0.2, 0) is 0 Å². The molecule has 128 valence electrons. The highest BCUT2D eigenvalue weighted by molar-refractivity contribution is 7.13. The van der Waals surface area contributed by atoms with Gasteiger partial charge in [-0.15, -0.1) is 11.3 Å². The van der Waals surface area contributed by atoms with E-state index in [4.69, 9.17) is 0 Å². The van der Waals surface area contributed by atoms with E-state index in [-0.39, 0.29) is 0 Å². The van der Waals surface area contributed by atoms with Crippen molar-refractivity contribution < 1.29 is 0 Å². The van der Waals surface area contributed by atoms with Crippen molar-refractivity contribution >= 4 is 23.5 Å². The lowest BCUT2D eigenvalue weighted by atomic mass is 9.82. The van der Waals surface area contributed by atoms with Gasteiger partial charge in [0.05, 0.1) is 0 Å². The molecular formula is C25H22S. The standard InChI is InChI=1S/C25H22S/c1-16-13-18-7-3-4-8-19(18)22(16)15-23-17(2)14-24-20(23)9-5-10-21(24)25-11-6-12-26-25/h3-14,22-23H,15H2,1-2H3. The van der Waals surface area contributed by atoms with Gasteiger partial charge in [-0.1, -0.05) is 71.8 Å². The maximum absolute atomic E-state index is 2.43. The first-order chi connectivity index (χ1) is 12.7. The Morgan fingerprint density at radius 1 is 0.769 bits per heavy atom. The van der Waals surface area contributed by atoms with E-state index >= 15 is 0 Å². The van der Waals surface area contributed by atoms with Crippen molar-refractivity contribution in [2.75, 3.05) is 0 Å². The highest BCUT2D eigenvalue weighted by Crippen LogP contribution is 2.49. The smallest absolute Gasteiger partial charge is 0.0348 e. The largest absolute Gasteiger partial charge is 0.144 e. The number of rotatable bonds is 3. The first-order valence-electron chi connectivity index (χ1n) is 9.34. The van der Waals surface area contributed by atoms with Crippen LogP contribution in [0, 0.1) is 0 Å². The minimum Gasteiger partial charge on any atom is -0.144 e. The molecule has 0 nitrogen and oxygen atoms in total. The topological polar surface area (TPSA) is 0 Å². The van der Waals surface area contributed by atoms with E-state index < -0.39 is 0 Å². The second-order valence-electron chi connectivity index (χ2n) is 7.53. The lowest BCUT2D eigenvalue weighted by Crippen LogP contribution is -2.06. The summed E-state index contributed by atoms with van der Waals surface area (Å²) in [6, 6.07) is 20.1.